The quantitative estimate of drug-likeness (QED) is 0.739. The summed E-state index contributed by atoms with van der Waals surface area (Å²) < 4.78 is 5.91. The molecular weight excluding hydrogens is 186 g/mol. The van der Waals surface area contributed by atoms with E-state index in [1.807, 2.05) is 12.1 Å². The van der Waals surface area contributed by atoms with E-state index in [1.54, 1.807) is 12.4 Å². The fourth-order valence-electron chi connectivity index (χ4n) is 2.21. The van der Waals surface area contributed by atoms with E-state index in [0.717, 1.165) is 17.6 Å². The van der Waals surface area contributed by atoms with Gasteiger partial charge in [-0.15, -0.1) is 0 Å². The van der Waals surface area contributed by atoms with E-state index in [2.05, 4.69) is 18.8 Å². The van der Waals surface area contributed by atoms with Gasteiger partial charge in [0.25, 0.3) is 0 Å². The van der Waals surface area contributed by atoms with Crippen molar-refractivity contribution in [1.29, 1.82) is 0 Å². The Hall–Kier alpha value is -1.05. The minimum absolute atomic E-state index is 0.389. The van der Waals surface area contributed by atoms with Crippen molar-refractivity contribution >= 4 is 0 Å². The molecule has 3 unspecified atom stereocenters. The summed E-state index contributed by atoms with van der Waals surface area (Å²) in [6.45, 7) is 4.66. The first-order chi connectivity index (χ1) is 7.25. The predicted octanol–water partition coefficient (Wildman–Crippen LogP) is 3.29. The first-order valence-corrected chi connectivity index (χ1v) is 5.82. The molecule has 0 bridgehead atoms. The largest absolute Gasteiger partial charge is 0.489 e. The van der Waals surface area contributed by atoms with Crippen LogP contribution in [-0.2, 0) is 0 Å². The molecule has 1 aliphatic rings. The topological polar surface area (TPSA) is 22.1 Å². The maximum absolute atomic E-state index is 5.91. The number of aromatic nitrogens is 1. The second-order valence-corrected chi connectivity index (χ2v) is 4.70. The highest BCUT2D eigenvalue weighted by Crippen LogP contribution is 2.31. The molecule has 0 saturated heterocycles. The Morgan fingerprint density at radius 3 is 2.80 bits per heavy atom. The van der Waals surface area contributed by atoms with Gasteiger partial charge in [0.2, 0.25) is 0 Å². The van der Waals surface area contributed by atoms with Crippen molar-refractivity contribution in [2.45, 2.75) is 39.2 Å². The summed E-state index contributed by atoms with van der Waals surface area (Å²) in [6.07, 6.45) is 7.60. The molecular formula is C13H19NO. The van der Waals surface area contributed by atoms with E-state index >= 15 is 0 Å². The molecule has 1 aliphatic carbocycles. The molecule has 2 rings (SSSR count). The highest BCUT2D eigenvalue weighted by molar-refractivity contribution is 5.15. The van der Waals surface area contributed by atoms with Crippen molar-refractivity contribution < 1.29 is 4.74 Å². The fourth-order valence-corrected chi connectivity index (χ4v) is 2.21. The standard InChI is InChI=1S/C13H19NO/c1-10-5-6-12(8-11(10)2)15-13-4-3-7-14-9-13/h3-4,7,9-12H,5-6,8H2,1-2H3. The number of rotatable bonds is 2. The molecule has 1 aromatic rings. The molecule has 0 spiro atoms. The third kappa shape index (κ3) is 2.71. The van der Waals surface area contributed by atoms with Gasteiger partial charge >= 0.3 is 0 Å². The smallest absolute Gasteiger partial charge is 0.137 e. The molecule has 1 saturated carbocycles. The van der Waals surface area contributed by atoms with Crippen LogP contribution in [0.4, 0.5) is 0 Å². The Bertz CT molecular complexity index is 299. The third-order valence-electron chi connectivity index (χ3n) is 3.49. The van der Waals surface area contributed by atoms with Crippen molar-refractivity contribution in [2.75, 3.05) is 0 Å². The molecule has 3 atom stereocenters. The summed E-state index contributed by atoms with van der Waals surface area (Å²) in [5.41, 5.74) is 0. The van der Waals surface area contributed by atoms with Crippen molar-refractivity contribution in [3.8, 4) is 5.75 Å². The van der Waals surface area contributed by atoms with E-state index in [1.165, 1.54) is 19.3 Å². The van der Waals surface area contributed by atoms with E-state index in [9.17, 15) is 0 Å². The number of hydrogen-bond acceptors (Lipinski definition) is 2. The Kier molecular flexibility index (Phi) is 3.24. The van der Waals surface area contributed by atoms with Crippen LogP contribution in [0.3, 0.4) is 0 Å². The van der Waals surface area contributed by atoms with E-state index < -0.39 is 0 Å². The van der Waals surface area contributed by atoms with Crippen molar-refractivity contribution in [1.82, 2.24) is 4.98 Å². The van der Waals surface area contributed by atoms with E-state index in [4.69, 9.17) is 4.74 Å². The molecule has 82 valence electrons. The Labute approximate surface area is 91.7 Å². The minimum Gasteiger partial charge on any atom is -0.489 e. The molecule has 0 amide bonds. The molecule has 0 aliphatic heterocycles. The van der Waals surface area contributed by atoms with Crippen LogP contribution < -0.4 is 4.74 Å². The predicted molar refractivity (Wildman–Crippen MR) is 60.8 cm³/mol. The lowest BCUT2D eigenvalue weighted by Gasteiger charge is -2.32. The molecule has 1 heterocycles. The van der Waals surface area contributed by atoms with E-state index in [0.29, 0.717) is 6.10 Å². The van der Waals surface area contributed by atoms with Crippen molar-refractivity contribution in [3.05, 3.63) is 24.5 Å². The van der Waals surface area contributed by atoms with Crippen LogP contribution in [0.5, 0.6) is 5.75 Å². The Morgan fingerprint density at radius 2 is 2.13 bits per heavy atom. The van der Waals surface area contributed by atoms with Gasteiger partial charge in [-0.05, 0) is 43.2 Å². The molecule has 1 aromatic heterocycles. The van der Waals surface area contributed by atoms with Gasteiger partial charge in [-0.3, -0.25) is 4.98 Å². The number of nitrogens with zero attached hydrogens (tertiary/aromatic N) is 1. The second-order valence-electron chi connectivity index (χ2n) is 4.70. The van der Waals surface area contributed by atoms with Crippen molar-refractivity contribution in [2.24, 2.45) is 11.8 Å². The van der Waals surface area contributed by atoms with Gasteiger partial charge in [0.1, 0.15) is 5.75 Å². The first-order valence-electron chi connectivity index (χ1n) is 5.82. The lowest BCUT2D eigenvalue weighted by atomic mass is 9.80. The molecule has 0 radical (unpaired) electrons. The van der Waals surface area contributed by atoms with Crippen LogP contribution in [0.25, 0.3) is 0 Å². The molecule has 2 nitrogen and oxygen atoms in total. The zero-order chi connectivity index (χ0) is 10.7. The van der Waals surface area contributed by atoms with E-state index in [-0.39, 0.29) is 0 Å². The summed E-state index contributed by atoms with van der Waals surface area (Å²) >= 11 is 0. The van der Waals surface area contributed by atoms with Crippen LogP contribution in [0, 0.1) is 11.8 Å². The highest BCUT2D eigenvalue weighted by Gasteiger charge is 2.25. The highest BCUT2D eigenvalue weighted by atomic mass is 16.5. The summed E-state index contributed by atoms with van der Waals surface area (Å²) in [4.78, 5) is 4.06. The second kappa shape index (κ2) is 4.65. The maximum atomic E-state index is 5.91. The van der Waals surface area contributed by atoms with Crippen molar-refractivity contribution in [3.63, 3.8) is 0 Å². The average molecular weight is 205 g/mol. The Balaban J connectivity index is 1.91. The average Bonchev–Trinajstić information content (AvgIpc) is 2.25. The summed E-state index contributed by atoms with van der Waals surface area (Å²) in [6, 6.07) is 3.90. The van der Waals surface area contributed by atoms with Gasteiger partial charge in [0.15, 0.2) is 0 Å². The molecule has 0 aromatic carbocycles. The van der Waals surface area contributed by atoms with Gasteiger partial charge in [-0.25, -0.2) is 0 Å². The minimum atomic E-state index is 0.389. The van der Waals surface area contributed by atoms with Gasteiger partial charge in [0, 0.05) is 6.20 Å². The molecule has 1 fully saturated rings. The molecule has 15 heavy (non-hydrogen) atoms. The SMILES string of the molecule is CC1CCC(Oc2cccnc2)CC1C. The fraction of sp³-hybridized carbons (Fsp3) is 0.615. The zero-order valence-corrected chi connectivity index (χ0v) is 9.52. The normalized spacial score (nSPS) is 31.2. The van der Waals surface area contributed by atoms with Crippen LogP contribution >= 0.6 is 0 Å². The maximum Gasteiger partial charge on any atom is 0.137 e. The Morgan fingerprint density at radius 1 is 1.27 bits per heavy atom. The van der Waals surface area contributed by atoms with Crippen LogP contribution in [-0.4, -0.2) is 11.1 Å². The van der Waals surface area contributed by atoms with Crippen LogP contribution in [0.2, 0.25) is 0 Å². The molecule has 0 N–H and O–H groups in total. The number of pyridine rings is 1. The monoisotopic (exact) mass is 205 g/mol. The van der Waals surface area contributed by atoms with Gasteiger partial charge in [0.05, 0.1) is 12.3 Å². The lowest BCUT2D eigenvalue weighted by molar-refractivity contribution is 0.100. The zero-order valence-electron chi connectivity index (χ0n) is 9.52. The summed E-state index contributed by atoms with van der Waals surface area (Å²) in [5, 5.41) is 0. The number of hydrogen-bond donors (Lipinski definition) is 0. The summed E-state index contributed by atoms with van der Waals surface area (Å²) in [5.74, 6) is 2.53. The molecule has 2 heteroatoms. The van der Waals surface area contributed by atoms with Gasteiger partial charge < -0.3 is 4.74 Å². The number of ether oxygens (including phenoxy) is 1. The van der Waals surface area contributed by atoms with Crippen LogP contribution in [0.15, 0.2) is 24.5 Å². The third-order valence-corrected chi connectivity index (χ3v) is 3.49. The first kappa shape index (κ1) is 10.5. The summed E-state index contributed by atoms with van der Waals surface area (Å²) in [7, 11) is 0. The lowest BCUT2D eigenvalue weighted by Crippen LogP contribution is -2.28. The van der Waals surface area contributed by atoms with Crippen LogP contribution in [0.1, 0.15) is 33.1 Å². The van der Waals surface area contributed by atoms with Gasteiger partial charge in [-0.1, -0.05) is 13.8 Å². The van der Waals surface area contributed by atoms with Gasteiger partial charge in [-0.2, -0.15) is 0 Å².